The van der Waals surface area contributed by atoms with Crippen LogP contribution in [0.1, 0.15) is 21.5 Å². The summed E-state index contributed by atoms with van der Waals surface area (Å²) in [5, 5.41) is 2.61. The lowest BCUT2D eigenvalue weighted by molar-refractivity contribution is 0.0950. The smallest absolute Gasteiger partial charge is 0.251 e. The van der Waals surface area contributed by atoms with Gasteiger partial charge < -0.3 is 5.32 Å². The van der Waals surface area contributed by atoms with Crippen molar-refractivity contribution >= 4 is 5.91 Å². The van der Waals surface area contributed by atoms with Crippen molar-refractivity contribution < 1.29 is 13.6 Å². The molecule has 1 amide bonds. The highest BCUT2D eigenvalue weighted by Crippen LogP contribution is 2.11. The van der Waals surface area contributed by atoms with Gasteiger partial charge in [-0.2, -0.15) is 0 Å². The molecule has 19 heavy (non-hydrogen) atoms. The number of carbonyl (C=O) groups excluding carboxylic acids is 1. The lowest BCUT2D eigenvalue weighted by Crippen LogP contribution is -2.24. The van der Waals surface area contributed by atoms with Crippen LogP contribution in [0.15, 0.2) is 42.5 Å². The van der Waals surface area contributed by atoms with Gasteiger partial charge in [-0.05, 0) is 36.8 Å². The molecule has 0 aliphatic carbocycles. The average molecular weight is 261 g/mol. The Balaban J connectivity index is 2.08. The Kier molecular flexibility index (Phi) is 3.90. The standard InChI is InChI=1S/C15H13F2NO/c1-10-8-12(16)6-7-13(10)15(19)18-9-11-4-2-3-5-14(11)17/h2-8H,9H2,1H3,(H,18,19). The molecule has 0 spiro atoms. The molecule has 0 unspecified atom stereocenters. The average Bonchev–Trinajstić information content (AvgIpc) is 2.37. The monoisotopic (exact) mass is 261 g/mol. The Morgan fingerprint density at radius 3 is 2.58 bits per heavy atom. The van der Waals surface area contributed by atoms with Crippen LogP contribution in [0.5, 0.6) is 0 Å². The molecule has 2 rings (SSSR count). The number of nitrogens with one attached hydrogen (secondary N) is 1. The predicted molar refractivity (Wildman–Crippen MR) is 68.7 cm³/mol. The Morgan fingerprint density at radius 1 is 1.16 bits per heavy atom. The van der Waals surface area contributed by atoms with E-state index in [0.29, 0.717) is 16.7 Å². The van der Waals surface area contributed by atoms with E-state index in [-0.39, 0.29) is 24.1 Å². The molecule has 0 bridgehead atoms. The summed E-state index contributed by atoms with van der Waals surface area (Å²) in [6.45, 7) is 1.75. The number of benzene rings is 2. The molecule has 0 aromatic heterocycles. The summed E-state index contributed by atoms with van der Waals surface area (Å²) < 4.78 is 26.3. The van der Waals surface area contributed by atoms with Crippen LogP contribution in [0.3, 0.4) is 0 Å². The first-order valence-electron chi connectivity index (χ1n) is 5.85. The van der Waals surface area contributed by atoms with Crippen LogP contribution in [-0.4, -0.2) is 5.91 Å². The van der Waals surface area contributed by atoms with Gasteiger partial charge in [-0.15, -0.1) is 0 Å². The van der Waals surface area contributed by atoms with Crippen LogP contribution in [-0.2, 0) is 6.54 Å². The minimum absolute atomic E-state index is 0.0995. The second-order valence-corrected chi connectivity index (χ2v) is 4.23. The third-order valence-corrected chi connectivity index (χ3v) is 2.83. The number of hydrogen-bond donors (Lipinski definition) is 1. The summed E-state index contributed by atoms with van der Waals surface area (Å²) in [5.74, 6) is -1.09. The highest BCUT2D eigenvalue weighted by molar-refractivity contribution is 5.95. The molecule has 2 nitrogen and oxygen atoms in total. The Bertz CT molecular complexity index is 611. The number of amides is 1. The van der Waals surface area contributed by atoms with Crippen LogP contribution in [0.2, 0.25) is 0 Å². The zero-order valence-electron chi connectivity index (χ0n) is 10.4. The van der Waals surface area contributed by atoms with Crippen molar-refractivity contribution in [2.75, 3.05) is 0 Å². The number of hydrogen-bond acceptors (Lipinski definition) is 1. The minimum Gasteiger partial charge on any atom is -0.348 e. The fraction of sp³-hybridized carbons (Fsp3) is 0.133. The van der Waals surface area contributed by atoms with Crippen molar-refractivity contribution in [3.8, 4) is 0 Å². The van der Waals surface area contributed by atoms with Gasteiger partial charge in [-0.3, -0.25) is 4.79 Å². The molecule has 0 aliphatic rings. The van der Waals surface area contributed by atoms with Crippen molar-refractivity contribution in [1.82, 2.24) is 5.32 Å². The molecular formula is C15H13F2NO. The molecule has 0 saturated heterocycles. The van der Waals surface area contributed by atoms with Gasteiger partial charge in [0, 0.05) is 17.7 Å². The first-order valence-corrected chi connectivity index (χ1v) is 5.85. The van der Waals surface area contributed by atoms with Crippen molar-refractivity contribution in [3.05, 3.63) is 70.8 Å². The maximum absolute atomic E-state index is 13.4. The zero-order valence-corrected chi connectivity index (χ0v) is 10.4. The first kappa shape index (κ1) is 13.2. The maximum Gasteiger partial charge on any atom is 0.251 e. The highest BCUT2D eigenvalue weighted by Gasteiger charge is 2.10. The van der Waals surface area contributed by atoms with Gasteiger partial charge in [-0.1, -0.05) is 18.2 Å². The molecule has 1 N–H and O–H groups in total. The molecule has 2 aromatic rings. The second-order valence-electron chi connectivity index (χ2n) is 4.23. The lowest BCUT2D eigenvalue weighted by atomic mass is 10.1. The summed E-state index contributed by atoms with van der Waals surface area (Å²) in [6.07, 6.45) is 0. The van der Waals surface area contributed by atoms with E-state index in [9.17, 15) is 13.6 Å². The van der Waals surface area contributed by atoms with Crippen LogP contribution in [0.4, 0.5) is 8.78 Å². The Morgan fingerprint density at radius 2 is 1.89 bits per heavy atom. The number of carbonyl (C=O) groups is 1. The molecule has 0 radical (unpaired) electrons. The van der Waals surface area contributed by atoms with Gasteiger partial charge >= 0.3 is 0 Å². The number of halogens is 2. The van der Waals surface area contributed by atoms with Gasteiger partial charge in [0.2, 0.25) is 0 Å². The highest BCUT2D eigenvalue weighted by atomic mass is 19.1. The molecule has 0 aliphatic heterocycles. The normalized spacial score (nSPS) is 10.3. The van der Waals surface area contributed by atoms with Crippen molar-refractivity contribution in [2.24, 2.45) is 0 Å². The summed E-state index contributed by atoms with van der Waals surface area (Å²) >= 11 is 0. The van der Waals surface area contributed by atoms with E-state index in [0.717, 1.165) is 0 Å². The fourth-order valence-corrected chi connectivity index (χ4v) is 1.79. The predicted octanol–water partition coefficient (Wildman–Crippen LogP) is 3.20. The van der Waals surface area contributed by atoms with Gasteiger partial charge in [0.05, 0.1) is 0 Å². The largest absolute Gasteiger partial charge is 0.348 e. The topological polar surface area (TPSA) is 29.1 Å². The summed E-state index contributed by atoms with van der Waals surface area (Å²) in [4.78, 5) is 11.9. The van der Waals surface area contributed by atoms with Crippen molar-refractivity contribution in [3.63, 3.8) is 0 Å². The molecule has 98 valence electrons. The molecule has 4 heteroatoms. The van der Waals surface area contributed by atoms with Crippen molar-refractivity contribution in [1.29, 1.82) is 0 Å². The Hall–Kier alpha value is -2.23. The summed E-state index contributed by atoms with van der Waals surface area (Å²) in [5.41, 5.74) is 1.35. The molecule has 0 heterocycles. The quantitative estimate of drug-likeness (QED) is 0.903. The van der Waals surface area contributed by atoms with E-state index in [4.69, 9.17) is 0 Å². The third-order valence-electron chi connectivity index (χ3n) is 2.83. The van der Waals surface area contributed by atoms with E-state index in [2.05, 4.69) is 5.32 Å². The zero-order chi connectivity index (χ0) is 13.8. The minimum atomic E-state index is -0.386. The molecule has 0 saturated carbocycles. The maximum atomic E-state index is 13.4. The second kappa shape index (κ2) is 5.61. The number of aryl methyl sites for hydroxylation is 1. The Labute approximate surface area is 110 Å². The molecule has 0 fully saturated rings. The third kappa shape index (κ3) is 3.16. The molecular weight excluding hydrogens is 248 g/mol. The molecule has 0 atom stereocenters. The van der Waals surface area contributed by atoms with Crippen LogP contribution >= 0.6 is 0 Å². The van der Waals surface area contributed by atoms with E-state index in [1.165, 1.54) is 24.3 Å². The van der Waals surface area contributed by atoms with Crippen LogP contribution in [0, 0.1) is 18.6 Å². The van der Waals surface area contributed by atoms with Gasteiger partial charge in [0.25, 0.3) is 5.91 Å². The van der Waals surface area contributed by atoms with Gasteiger partial charge in [-0.25, -0.2) is 8.78 Å². The fourth-order valence-electron chi connectivity index (χ4n) is 1.79. The van der Waals surface area contributed by atoms with Crippen LogP contribution < -0.4 is 5.32 Å². The van der Waals surface area contributed by atoms with E-state index in [1.54, 1.807) is 25.1 Å². The van der Waals surface area contributed by atoms with Gasteiger partial charge in [0.1, 0.15) is 11.6 Å². The van der Waals surface area contributed by atoms with Crippen LogP contribution in [0.25, 0.3) is 0 Å². The SMILES string of the molecule is Cc1cc(F)ccc1C(=O)NCc1ccccc1F. The van der Waals surface area contributed by atoms with E-state index in [1.807, 2.05) is 0 Å². The van der Waals surface area contributed by atoms with E-state index < -0.39 is 0 Å². The summed E-state index contributed by atoms with van der Waals surface area (Å²) in [6, 6.07) is 10.2. The van der Waals surface area contributed by atoms with Crippen molar-refractivity contribution in [2.45, 2.75) is 13.5 Å². The first-order chi connectivity index (χ1) is 9.08. The summed E-state index contributed by atoms with van der Waals surface area (Å²) in [7, 11) is 0. The lowest BCUT2D eigenvalue weighted by Gasteiger charge is -2.08. The van der Waals surface area contributed by atoms with E-state index >= 15 is 0 Å². The van der Waals surface area contributed by atoms with Gasteiger partial charge in [0.15, 0.2) is 0 Å². The molecule has 2 aromatic carbocycles. The number of rotatable bonds is 3.